The summed E-state index contributed by atoms with van der Waals surface area (Å²) >= 11 is 3.57. The Morgan fingerprint density at radius 2 is 2.12 bits per heavy atom. The summed E-state index contributed by atoms with van der Waals surface area (Å²) in [5.74, 6) is 1.52. The zero-order chi connectivity index (χ0) is 12.7. The lowest BCUT2D eigenvalue weighted by atomic mass is 9.93. The van der Waals surface area contributed by atoms with E-state index in [-0.39, 0.29) is 0 Å². The van der Waals surface area contributed by atoms with Crippen LogP contribution in [-0.2, 0) is 0 Å². The molecular formula is C15H21BrO. The van der Waals surface area contributed by atoms with Gasteiger partial charge in [-0.25, -0.2) is 0 Å². The van der Waals surface area contributed by atoms with Crippen LogP contribution in [0.1, 0.15) is 45.1 Å². The molecule has 0 fully saturated rings. The van der Waals surface area contributed by atoms with E-state index in [4.69, 9.17) is 4.74 Å². The summed E-state index contributed by atoms with van der Waals surface area (Å²) in [6, 6.07) is 6.41. The minimum absolute atomic E-state index is 0.596. The number of halogens is 1. The predicted octanol–water partition coefficient (Wildman–Crippen LogP) is 5.31. The summed E-state index contributed by atoms with van der Waals surface area (Å²) in [6.07, 6.45) is 6.61. The maximum Gasteiger partial charge on any atom is 0.133 e. The first-order valence-electron chi connectivity index (χ1n) is 6.26. The first-order chi connectivity index (χ1) is 8.22. The molecule has 0 aromatic heterocycles. The highest BCUT2D eigenvalue weighted by molar-refractivity contribution is 9.10. The van der Waals surface area contributed by atoms with Crippen LogP contribution in [0, 0.1) is 0 Å². The Balaban J connectivity index is 2.86. The number of allylic oxidation sites excluding steroid dienone is 2. The van der Waals surface area contributed by atoms with Crippen molar-refractivity contribution in [3.05, 3.63) is 40.4 Å². The van der Waals surface area contributed by atoms with Crippen molar-refractivity contribution in [3.8, 4) is 5.75 Å². The molecule has 0 saturated carbocycles. The van der Waals surface area contributed by atoms with E-state index < -0.39 is 0 Å². The molecule has 1 nitrogen and oxygen atoms in total. The lowest BCUT2D eigenvalue weighted by Crippen LogP contribution is -1.98. The molecule has 0 aliphatic rings. The average Bonchev–Trinajstić information content (AvgIpc) is 2.33. The summed E-state index contributed by atoms with van der Waals surface area (Å²) in [5.41, 5.74) is 1.38. The molecule has 0 radical (unpaired) electrons. The smallest absolute Gasteiger partial charge is 0.133 e. The zero-order valence-electron chi connectivity index (χ0n) is 10.9. The quantitative estimate of drug-likeness (QED) is 0.647. The minimum atomic E-state index is 0.596. The van der Waals surface area contributed by atoms with Crippen LogP contribution < -0.4 is 4.74 Å². The van der Waals surface area contributed by atoms with Crippen molar-refractivity contribution in [2.24, 2.45) is 0 Å². The van der Waals surface area contributed by atoms with Crippen molar-refractivity contribution < 1.29 is 4.74 Å². The van der Waals surface area contributed by atoms with E-state index >= 15 is 0 Å². The van der Waals surface area contributed by atoms with Crippen molar-refractivity contribution in [2.45, 2.75) is 39.5 Å². The standard InChI is InChI=1S/C15H21BrO/c1-4-7-8-12(5-2)13-9-10-15(17-6-3)14(16)11-13/h4,7,9-12H,5-6,8H2,1-3H3/b7-4-. The van der Waals surface area contributed by atoms with Gasteiger partial charge in [0, 0.05) is 0 Å². The zero-order valence-corrected chi connectivity index (χ0v) is 12.5. The lowest BCUT2D eigenvalue weighted by molar-refractivity contribution is 0.338. The van der Waals surface area contributed by atoms with E-state index in [2.05, 4.69) is 60.1 Å². The molecule has 0 aliphatic carbocycles. The normalized spacial score (nSPS) is 12.9. The molecule has 0 N–H and O–H groups in total. The fourth-order valence-corrected chi connectivity index (χ4v) is 2.39. The highest BCUT2D eigenvalue weighted by atomic mass is 79.9. The lowest BCUT2D eigenvalue weighted by Gasteiger charge is -2.15. The Bertz CT molecular complexity index is 371. The van der Waals surface area contributed by atoms with E-state index in [1.165, 1.54) is 5.56 Å². The number of hydrogen-bond donors (Lipinski definition) is 0. The summed E-state index contributed by atoms with van der Waals surface area (Å²) in [7, 11) is 0. The van der Waals surface area contributed by atoms with E-state index in [0.29, 0.717) is 12.5 Å². The monoisotopic (exact) mass is 296 g/mol. The first-order valence-corrected chi connectivity index (χ1v) is 7.05. The molecule has 1 unspecified atom stereocenters. The first kappa shape index (κ1) is 14.3. The molecule has 1 rings (SSSR count). The van der Waals surface area contributed by atoms with Gasteiger partial charge in [0.2, 0.25) is 0 Å². The molecule has 0 spiro atoms. The van der Waals surface area contributed by atoms with Gasteiger partial charge in [-0.05, 0) is 66.2 Å². The van der Waals surface area contributed by atoms with Gasteiger partial charge in [0.25, 0.3) is 0 Å². The molecule has 0 aliphatic heterocycles. The van der Waals surface area contributed by atoms with Crippen LogP contribution in [-0.4, -0.2) is 6.61 Å². The van der Waals surface area contributed by atoms with Gasteiger partial charge in [-0.2, -0.15) is 0 Å². The molecular weight excluding hydrogens is 276 g/mol. The molecule has 0 heterocycles. The highest BCUT2D eigenvalue weighted by Crippen LogP contribution is 2.31. The summed E-state index contributed by atoms with van der Waals surface area (Å²) in [5, 5.41) is 0. The third-order valence-electron chi connectivity index (χ3n) is 2.88. The SMILES string of the molecule is C/C=C\CC(CC)c1ccc(OCC)c(Br)c1. The molecule has 1 aromatic carbocycles. The van der Waals surface area contributed by atoms with E-state index in [9.17, 15) is 0 Å². The van der Waals surface area contributed by atoms with Crippen LogP contribution in [0.3, 0.4) is 0 Å². The molecule has 0 saturated heterocycles. The van der Waals surface area contributed by atoms with Crippen molar-refractivity contribution >= 4 is 15.9 Å². The molecule has 17 heavy (non-hydrogen) atoms. The number of rotatable bonds is 6. The Morgan fingerprint density at radius 1 is 1.35 bits per heavy atom. The second kappa shape index (κ2) is 7.54. The molecule has 1 atom stereocenters. The van der Waals surface area contributed by atoms with Crippen LogP contribution in [0.5, 0.6) is 5.75 Å². The Morgan fingerprint density at radius 3 is 2.65 bits per heavy atom. The van der Waals surface area contributed by atoms with Crippen LogP contribution in [0.4, 0.5) is 0 Å². The molecule has 0 bridgehead atoms. The maximum atomic E-state index is 5.53. The van der Waals surface area contributed by atoms with Crippen molar-refractivity contribution in [2.75, 3.05) is 6.61 Å². The summed E-state index contributed by atoms with van der Waals surface area (Å²) in [4.78, 5) is 0. The van der Waals surface area contributed by atoms with Gasteiger partial charge in [0.1, 0.15) is 5.75 Å². The predicted molar refractivity (Wildman–Crippen MR) is 77.8 cm³/mol. The van der Waals surface area contributed by atoms with Crippen molar-refractivity contribution in [3.63, 3.8) is 0 Å². The second-order valence-electron chi connectivity index (χ2n) is 4.03. The van der Waals surface area contributed by atoms with Gasteiger partial charge in [0.05, 0.1) is 11.1 Å². The molecule has 0 amide bonds. The molecule has 94 valence electrons. The van der Waals surface area contributed by atoms with Crippen LogP contribution in [0.25, 0.3) is 0 Å². The maximum absolute atomic E-state index is 5.53. The number of benzene rings is 1. The highest BCUT2D eigenvalue weighted by Gasteiger charge is 2.10. The molecule has 2 heteroatoms. The topological polar surface area (TPSA) is 9.23 Å². The minimum Gasteiger partial charge on any atom is -0.493 e. The van der Waals surface area contributed by atoms with Gasteiger partial charge in [0.15, 0.2) is 0 Å². The second-order valence-corrected chi connectivity index (χ2v) is 4.89. The van der Waals surface area contributed by atoms with Crippen molar-refractivity contribution in [1.29, 1.82) is 0 Å². The van der Waals surface area contributed by atoms with Gasteiger partial charge in [-0.1, -0.05) is 25.1 Å². The van der Waals surface area contributed by atoms with E-state index in [1.54, 1.807) is 0 Å². The fraction of sp³-hybridized carbons (Fsp3) is 0.467. The third kappa shape index (κ3) is 4.19. The summed E-state index contributed by atoms with van der Waals surface area (Å²) < 4.78 is 6.58. The number of ether oxygens (including phenoxy) is 1. The van der Waals surface area contributed by atoms with Crippen LogP contribution in [0.15, 0.2) is 34.8 Å². The Hall–Kier alpha value is -0.760. The summed E-state index contributed by atoms with van der Waals surface area (Å²) in [6.45, 7) is 7.01. The largest absolute Gasteiger partial charge is 0.493 e. The molecule has 1 aromatic rings. The third-order valence-corrected chi connectivity index (χ3v) is 3.50. The Labute approximate surface area is 113 Å². The van der Waals surface area contributed by atoms with Crippen molar-refractivity contribution in [1.82, 2.24) is 0 Å². The number of hydrogen-bond acceptors (Lipinski definition) is 1. The van der Waals surface area contributed by atoms with Crippen LogP contribution in [0.2, 0.25) is 0 Å². The fourth-order valence-electron chi connectivity index (χ4n) is 1.88. The van der Waals surface area contributed by atoms with Gasteiger partial charge in [-0.3, -0.25) is 0 Å². The average molecular weight is 297 g/mol. The van der Waals surface area contributed by atoms with Crippen LogP contribution >= 0.6 is 15.9 Å². The van der Waals surface area contributed by atoms with Gasteiger partial charge >= 0.3 is 0 Å². The van der Waals surface area contributed by atoms with E-state index in [1.807, 2.05) is 6.92 Å². The Kier molecular flexibility index (Phi) is 6.35. The van der Waals surface area contributed by atoms with Gasteiger partial charge in [-0.15, -0.1) is 0 Å². The van der Waals surface area contributed by atoms with Gasteiger partial charge < -0.3 is 4.74 Å². The van der Waals surface area contributed by atoms with E-state index in [0.717, 1.165) is 23.1 Å².